The van der Waals surface area contributed by atoms with Crippen molar-refractivity contribution in [1.82, 2.24) is 4.57 Å². The van der Waals surface area contributed by atoms with Crippen LogP contribution < -0.4 is 141 Å². The topological polar surface area (TPSA) is 21.3 Å². The molecule has 3 nitrogen and oxygen atoms in total. The van der Waals surface area contributed by atoms with E-state index in [-0.39, 0.29) is 203 Å². The predicted octanol–water partition coefficient (Wildman–Crippen LogP) is -17.2. The number of hydrogen-bond donors (Lipinski definition) is 0. The number of anilines is 3. The Kier molecular flexibility index (Phi) is 12.8. The summed E-state index contributed by atoms with van der Waals surface area (Å²) in [4.78, 5) is 1.53. The predicted molar refractivity (Wildman–Crippen MR) is 340 cm³/mol. The minimum Gasteiger partial charge on any atom is -0.456 e. The molecule has 0 fully saturated rings. The van der Waals surface area contributed by atoms with E-state index in [4.69, 9.17) is 201 Å². The quantitative estimate of drug-likeness (QED) is 0.161. The Morgan fingerprint density at radius 3 is 1.28 bits per heavy atom. The fourth-order valence-electron chi connectivity index (χ4n) is 10.1. The number of hydrogen-bond acceptors (Lipinski definition) is 2. The number of rotatable bonds is 5. The summed E-state index contributed by atoms with van der Waals surface area (Å²) in [6, 6.07) is 7.83. The van der Waals surface area contributed by atoms with Crippen molar-refractivity contribution >= 4 is 404 Å². The summed E-state index contributed by atoms with van der Waals surface area (Å²) in [7, 11) is 166. The normalized spacial score (nSPS) is 11.8. The second-order valence-electron chi connectivity index (χ2n) is 18.0. The monoisotopic (exact) mass is 876 g/mol. The fraction of sp³-hybridized carbons (Fsp3) is 0. The number of aromatic nitrogens is 1. The summed E-state index contributed by atoms with van der Waals surface area (Å²) >= 11 is 0. The summed E-state index contributed by atoms with van der Waals surface area (Å²) in [5.74, 6) is 0. The molecule has 0 aliphatic carbocycles. The van der Waals surface area contributed by atoms with Crippen LogP contribution >= 0.6 is 0 Å². The van der Waals surface area contributed by atoms with E-state index in [2.05, 4.69) is 0 Å². The van der Waals surface area contributed by atoms with Gasteiger partial charge >= 0.3 is 0 Å². The first-order valence-corrected chi connectivity index (χ1v) is 21.9. The molecular weight excluding hydrogens is 867 g/mol. The highest BCUT2D eigenvalue weighted by atomic mass is 16.3. The van der Waals surface area contributed by atoms with Gasteiger partial charge in [-0.25, -0.2) is 0 Å². The van der Waals surface area contributed by atoms with Gasteiger partial charge in [0.05, 0.1) is 11.0 Å². The van der Waals surface area contributed by atoms with Gasteiger partial charge in [-0.1, -0.05) is 81.9 Å². The Morgan fingerprint density at radius 1 is 0.297 bits per heavy atom. The number of nitrogens with zero attached hydrogens (tertiary/aromatic N) is 2. The van der Waals surface area contributed by atoms with Crippen molar-refractivity contribution in [2.45, 2.75) is 0 Å². The van der Waals surface area contributed by atoms with Crippen LogP contribution in [0.15, 0.2) is 34.7 Å². The number of fused-ring (bicyclic) bond motifs is 8. The van der Waals surface area contributed by atoms with Gasteiger partial charge in [-0.2, -0.15) is 0 Å². The van der Waals surface area contributed by atoms with E-state index in [1.165, 1.54) is 17.0 Å². The first-order valence-electron chi connectivity index (χ1n) is 21.9. The van der Waals surface area contributed by atoms with Crippen molar-refractivity contribution in [1.29, 1.82) is 0 Å². The zero-order chi connectivity index (χ0) is 54.1. The lowest BCUT2D eigenvalue weighted by molar-refractivity contribution is 0.676. The van der Waals surface area contributed by atoms with Crippen molar-refractivity contribution in [3.05, 3.63) is 30.3 Å². The molecule has 28 heteroatoms. The largest absolute Gasteiger partial charge is 0.456 e. The molecule has 10 rings (SSSR count). The van der Waals surface area contributed by atoms with Crippen LogP contribution in [0, 0.1) is 0 Å². The van der Waals surface area contributed by atoms with E-state index in [9.17, 15) is 0 Å². The summed E-state index contributed by atoms with van der Waals surface area (Å²) in [6.45, 7) is 0. The number of benzene rings is 8. The second-order valence-corrected chi connectivity index (χ2v) is 18.0. The molecule has 10 aromatic rings. The van der Waals surface area contributed by atoms with Crippen LogP contribution in [0.4, 0.5) is 17.1 Å². The van der Waals surface area contributed by atoms with Gasteiger partial charge in [0.25, 0.3) is 0 Å². The van der Waals surface area contributed by atoms with Gasteiger partial charge in [0.15, 0.2) is 0 Å². The van der Waals surface area contributed by atoms with Gasteiger partial charge in [-0.3, -0.25) is 0 Å². The van der Waals surface area contributed by atoms with E-state index in [1.54, 1.807) is 22.8 Å². The lowest BCUT2D eigenvalue weighted by Crippen LogP contribution is -2.56. The molecule has 2 heterocycles. The van der Waals surface area contributed by atoms with Crippen molar-refractivity contribution in [2.75, 3.05) is 4.90 Å². The van der Waals surface area contributed by atoms with E-state index in [0.717, 1.165) is 0 Å². The Balaban J connectivity index is 1.37. The zero-order valence-electron chi connectivity index (χ0n) is 39.1. The van der Waals surface area contributed by atoms with Gasteiger partial charge in [-0.15, -0.1) is 54.6 Å². The number of furan rings is 1. The smallest absolute Gasteiger partial charge is 0.141 e. The summed E-state index contributed by atoms with van der Waals surface area (Å²) in [6.07, 6.45) is 0. The lowest BCUT2D eigenvalue weighted by atomic mass is 9.58. The van der Waals surface area contributed by atoms with Crippen molar-refractivity contribution < 1.29 is 4.42 Å². The van der Waals surface area contributed by atoms with Crippen molar-refractivity contribution in [3.63, 3.8) is 0 Å². The third-order valence-corrected chi connectivity index (χ3v) is 14.0. The SMILES string of the molecule is [B]c1cc2c(cc1N(c1cc([B])c(-c3c([B])c([B])c([B])c([B])c3[B])c([B])c1)c1c([B])c([B])c3c(c1[B])c([B])c([B])c1c3oc3c([B])c([B])c([B])c([B])c31)c1c([B])c([B])c([B])cc1n2-c1c([B])c([B])c([B])c([B])c1[B]. The minimum atomic E-state index is -0.151. The fourth-order valence-corrected chi connectivity index (χ4v) is 10.1. The van der Waals surface area contributed by atoms with Crippen LogP contribution in [0.2, 0.25) is 0 Å². The van der Waals surface area contributed by atoms with Gasteiger partial charge in [0.2, 0.25) is 0 Å². The van der Waals surface area contributed by atoms with E-state index in [0.29, 0.717) is 21.8 Å². The summed E-state index contributed by atoms with van der Waals surface area (Å²) in [5.41, 5.74) is 0.855. The van der Waals surface area contributed by atoms with Gasteiger partial charge in [0.1, 0.15) is 207 Å². The Bertz CT molecular complexity index is 4200. The second kappa shape index (κ2) is 18.1. The average Bonchev–Trinajstić information content (AvgIpc) is 3.91. The molecule has 0 N–H and O–H groups in total. The minimum absolute atomic E-state index is 0.00688. The molecule has 0 aliphatic heterocycles. The molecule has 0 spiro atoms. The van der Waals surface area contributed by atoms with Crippen molar-refractivity contribution in [3.8, 4) is 16.8 Å². The molecule has 8 aromatic carbocycles. The first-order chi connectivity index (χ1) is 34.7. The maximum Gasteiger partial charge on any atom is 0.141 e. The van der Waals surface area contributed by atoms with Crippen LogP contribution in [-0.4, -0.2) is 201 Å². The molecule has 0 atom stereocenters. The molecule has 50 radical (unpaired) electrons. The zero-order valence-corrected chi connectivity index (χ0v) is 39.1. The molecule has 0 saturated carbocycles. The third-order valence-electron chi connectivity index (χ3n) is 14.0. The Labute approximate surface area is 462 Å². The Morgan fingerprint density at radius 2 is 0.716 bits per heavy atom. The van der Waals surface area contributed by atoms with Crippen LogP contribution in [0.25, 0.3) is 71.3 Å². The molecule has 2 aromatic heterocycles. The summed E-state index contributed by atoms with van der Waals surface area (Å²) < 4.78 is 8.03. The van der Waals surface area contributed by atoms with E-state index >= 15 is 0 Å². The molecule has 0 bridgehead atoms. The van der Waals surface area contributed by atoms with Crippen LogP contribution in [-0.2, 0) is 0 Å². The summed E-state index contributed by atoms with van der Waals surface area (Å²) in [5, 5.41) is 1.37. The molecule has 0 saturated heterocycles. The van der Waals surface area contributed by atoms with Crippen molar-refractivity contribution in [2.24, 2.45) is 0 Å². The van der Waals surface area contributed by atoms with E-state index < -0.39 is 0 Å². The highest BCUT2D eigenvalue weighted by molar-refractivity contribution is 6.73. The first kappa shape index (κ1) is 52.5. The molecule has 0 aliphatic rings. The highest BCUT2D eigenvalue weighted by Crippen LogP contribution is 2.38. The molecule has 0 unspecified atom stereocenters. The molecular formula is C46H5B25N2O. The highest BCUT2D eigenvalue weighted by Gasteiger charge is 2.29. The maximum atomic E-state index is 7.34. The third kappa shape index (κ3) is 7.09. The standard InChI is InChI=1S/C46H5B25N2O/c47-8-4-12-7(15-14(5-11(50)22(51)23(15)52)73(12)44-40(69)36(65)35(64)37(66)41(44)70)3-13(8)72(6-1-9(48)16(10(49)2-6)17-25(54)31(60)34(63)32(61)26(17)55)43-30(59)18-19(29(58)39(43)68)45-20(27(56)24(18)53)21-28(57)33(62)38(67)42(71)46(21)74-45/h1-5H. The van der Waals surface area contributed by atoms with Crippen LogP contribution in [0.5, 0.6) is 0 Å². The van der Waals surface area contributed by atoms with Gasteiger partial charge in [-0.05, 0) is 46.8 Å². The Hall–Kier alpha value is -4.96. The van der Waals surface area contributed by atoms with E-state index in [1.807, 2.05) is 0 Å². The van der Waals surface area contributed by atoms with Gasteiger partial charge < -0.3 is 13.9 Å². The molecule has 280 valence electrons. The molecule has 0 amide bonds. The maximum absolute atomic E-state index is 7.34. The molecule has 74 heavy (non-hydrogen) atoms. The van der Waals surface area contributed by atoms with Gasteiger partial charge in [0, 0.05) is 49.7 Å². The van der Waals surface area contributed by atoms with Crippen LogP contribution in [0.3, 0.4) is 0 Å². The lowest BCUT2D eigenvalue weighted by Gasteiger charge is -2.34. The average molecular weight is 872 g/mol. The van der Waals surface area contributed by atoms with Crippen LogP contribution in [0.1, 0.15) is 0 Å².